The van der Waals surface area contributed by atoms with Crippen LogP contribution in [0.3, 0.4) is 0 Å². The van der Waals surface area contributed by atoms with Gasteiger partial charge >= 0.3 is 11.9 Å². The number of likely N-dealkylation sites (N-methyl/N-ethyl adjacent to an activating group) is 2. The van der Waals surface area contributed by atoms with Gasteiger partial charge in [-0.25, -0.2) is 0 Å². The monoisotopic (exact) mass is 796 g/mol. The topological polar surface area (TPSA) is 189 Å². The van der Waals surface area contributed by atoms with Crippen molar-refractivity contribution >= 4 is 90.1 Å². The van der Waals surface area contributed by atoms with Crippen molar-refractivity contribution in [1.29, 1.82) is 0 Å². The van der Waals surface area contributed by atoms with Crippen LogP contribution in [0.25, 0.3) is 0 Å². The first-order valence-electron chi connectivity index (χ1n) is 16.9. The number of carboxylic acids is 1. The van der Waals surface area contributed by atoms with Crippen LogP contribution >= 0.6 is 43.2 Å². The van der Waals surface area contributed by atoms with Gasteiger partial charge in [0.2, 0.25) is 9.74 Å². The lowest BCUT2D eigenvalue weighted by atomic mass is 9.52. The van der Waals surface area contributed by atoms with E-state index in [0.29, 0.717) is 22.5 Å². The number of carbonyl (C=O) groups excluding carboxylic acids is 5. The Kier molecular flexibility index (Phi) is 6.43. The van der Waals surface area contributed by atoms with Crippen LogP contribution in [0.1, 0.15) is 37.8 Å². The molecule has 0 unspecified atom stereocenters. The van der Waals surface area contributed by atoms with E-state index in [9.17, 15) is 29.4 Å². The molecule has 0 radical (unpaired) electrons. The van der Waals surface area contributed by atoms with Crippen LogP contribution in [0, 0.1) is 0 Å². The maximum Gasteiger partial charge on any atom is 0.306 e. The first kappa shape index (κ1) is 33.8. The number of amides is 4. The summed E-state index contributed by atoms with van der Waals surface area (Å²) >= 11 is 0. The zero-order valence-electron chi connectivity index (χ0n) is 28.5. The number of hydrogen-bond acceptors (Lipinski definition) is 14. The number of benzene rings is 2. The van der Waals surface area contributed by atoms with E-state index in [1.165, 1.54) is 44.5 Å². The predicted molar refractivity (Wildman–Crippen MR) is 196 cm³/mol. The third-order valence-corrected chi connectivity index (χ3v) is 20.2. The molecule has 15 nitrogen and oxygen atoms in total. The Morgan fingerprint density at radius 3 is 1.75 bits per heavy atom. The third kappa shape index (κ3) is 3.24. The molecule has 0 aliphatic carbocycles. The van der Waals surface area contributed by atoms with Gasteiger partial charge < -0.3 is 35.4 Å². The average Bonchev–Trinajstić information content (AvgIpc) is 3.79. The Labute approximate surface area is 318 Å². The van der Waals surface area contributed by atoms with E-state index in [4.69, 9.17) is 4.74 Å². The van der Waals surface area contributed by atoms with Crippen molar-refractivity contribution < 1.29 is 43.7 Å². The maximum atomic E-state index is 15.1. The van der Waals surface area contributed by atoms with E-state index < -0.39 is 103 Å². The summed E-state index contributed by atoms with van der Waals surface area (Å²) in [6.07, 6.45) is -6.74. The average molecular weight is 797 g/mol. The molecular formula is C34H32N6O9S4. The van der Waals surface area contributed by atoms with E-state index in [0.717, 1.165) is 32.4 Å². The minimum Gasteiger partial charge on any atom is -0.481 e. The molecule has 2 aromatic carbocycles. The lowest BCUT2D eigenvalue weighted by molar-refractivity contribution is -0.173. The highest BCUT2D eigenvalue weighted by molar-refractivity contribution is 8.78. The van der Waals surface area contributed by atoms with Crippen LogP contribution in [0.4, 0.5) is 11.4 Å². The molecule has 53 heavy (non-hydrogen) atoms. The van der Waals surface area contributed by atoms with Crippen LogP contribution in [-0.4, -0.2) is 123 Å². The molecule has 10 aliphatic heterocycles. The molecule has 276 valence electrons. The number of carboxylic acid groups (broad SMARTS) is 1. The SMILES string of the molecule is CN1C(=O)[C@]23SS[C@@]1(C)C(=O)N2[C@H]1Nc2ccccc2[C@@]1([C@@]12c4ccccc4N[C@@H]1N1C(=O)[C@]4(C)SS[C@]1(C(=O)N4C)[C@H]2OC(=O)CCC(=O)O)[C@@H]3O. The number of hydrogen-bond donors (Lipinski definition) is 4. The van der Waals surface area contributed by atoms with Gasteiger partial charge in [-0.2, -0.15) is 0 Å². The van der Waals surface area contributed by atoms with Crippen molar-refractivity contribution in [3.8, 4) is 0 Å². The van der Waals surface area contributed by atoms with E-state index in [1.807, 2.05) is 0 Å². The summed E-state index contributed by atoms with van der Waals surface area (Å²) < 4.78 is 6.56. The van der Waals surface area contributed by atoms with E-state index in [2.05, 4.69) is 10.6 Å². The number of aliphatic hydroxyl groups is 1. The summed E-state index contributed by atoms with van der Waals surface area (Å²) in [5.41, 5.74) is -1.50. The fourth-order valence-electron chi connectivity index (χ4n) is 10.3. The highest BCUT2D eigenvalue weighted by Gasteiger charge is 2.93. The van der Waals surface area contributed by atoms with Crippen molar-refractivity contribution in [2.24, 2.45) is 0 Å². The van der Waals surface area contributed by atoms with Gasteiger partial charge in [-0.1, -0.05) is 58.0 Å². The number of carbonyl (C=O) groups is 6. The molecule has 4 bridgehead atoms. The number of nitrogens with zero attached hydrogens (tertiary/aromatic N) is 4. The second kappa shape index (κ2) is 10.1. The first-order chi connectivity index (χ1) is 25.1. The summed E-state index contributed by atoms with van der Waals surface area (Å²) in [5.74, 6) is -4.04. The van der Waals surface area contributed by atoms with Gasteiger partial charge in [0, 0.05) is 25.5 Å². The number of aliphatic carboxylic acids is 1. The second-order valence-electron chi connectivity index (χ2n) is 14.9. The van der Waals surface area contributed by atoms with Crippen molar-refractivity contribution in [2.45, 2.75) is 81.5 Å². The molecule has 12 rings (SSSR count). The molecule has 8 fully saturated rings. The number of aliphatic hydroxyl groups excluding tert-OH is 1. The van der Waals surface area contributed by atoms with Crippen LogP contribution in [0.15, 0.2) is 48.5 Å². The van der Waals surface area contributed by atoms with Crippen molar-refractivity contribution in [3.63, 3.8) is 0 Å². The number of esters is 1. The summed E-state index contributed by atoms with van der Waals surface area (Å²) in [6, 6.07) is 14.3. The first-order valence-corrected chi connectivity index (χ1v) is 21.2. The molecule has 19 heteroatoms. The van der Waals surface area contributed by atoms with Gasteiger partial charge in [0.05, 0.1) is 23.7 Å². The van der Waals surface area contributed by atoms with Gasteiger partial charge in [0.1, 0.15) is 18.4 Å². The number of ether oxygens (including phenoxy) is 1. The minimum absolute atomic E-state index is 0.420. The molecule has 2 aromatic rings. The Bertz CT molecular complexity index is 2160. The quantitative estimate of drug-likeness (QED) is 0.253. The molecule has 0 saturated carbocycles. The van der Waals surface area contributed by atoms with Gasteiger partial charge in [0.25, 0.3) is 23.6 Å². The predicted octanol–water partition coefficient (Wildman–Crippen LogP) is 1.75. The fourth-order valence-corrected chi connectivity index (χ4v) is 17.5. The minimum atomic E-state index is -1.92. The maximum absolute atomic E-state index is 15.1. The summed E-state index contributed by atoms with van der Waals surface area (Å²) in [4.78, 5) is 84.7. The Balaban J connectivity index is 1.34. The second-order valence-corrected chi connectivity index (χ2v) is 20.4. The van der Waals surface area contributed by atoms with Crippen LogP contribution in [0.2, 0.25) is 0 Å². The van der Waals surface area contributed by atoms with Crippen LogP contribution < -0.4 is 10.6 Å². The molecule has 8 saturated heterocycles. The Morgan fingerprint density at radius 2 is 1.19 bits per heavy atom. The van der Waals surface area contributed by atoms with E-state index in [-0.39, 0.29) is 0 Å². The van der Waals surface area contributed by atoms with E-state index >= 15 is 9.59 Å². The largest absolute Gasteiger partial charge is 0.481 e. The van der Waals surface area contributed by atoms with Gasteiger partial charge in [-0.05, 0) is 58.7 Å². The smallest absolute Gasteiger partial charge is 0.306 e. The zero-order chi connectivity index (χ0) is 37.4. The van der Waals surface area contributed by atoms with Crippen LogP contribution in [0.5, 0.6) is 0 Å². The molecule has 10 atom stereocenters. The summed E-state index contributed by atoms with van der Waals surface area (Å²) in [5, 5.41) is 30.2. The number of fused-ring (bicyclic) bond motifs is 11. The standard InChI is InChI=1S/C34H32N6O9S4/c1-29-25(45)39-23-31(15-9-5-7-11-17(15)35-23,21(44)33(39,52-50-29)27(47)37(29)3)32-16-10-6-8-12-18(16)36-24(32)40-26(46)30(2)38(4)28(48)34(40,53-51-30)22(32)49-20(43)14-13-19(41)42/h5-12,21-24,35-36,44H,13-14H2,1-4H3,(H,41,42)/t21-,22-,23+,24+,29-,30-,31+,32+,33-,34-/m0/s1. The van der Waals surface area contributed by atoms with Crippen molar-refractivity contribution in [3.05, 3.63) is 59.7 Å². The highest BCUT2D eigenvalue weighted by atomic mass is 33.1. The summed E-state index contributed by atoms with van der Waals surface area (Å²) in [7, 11) is 7.60. The normalized spacial score (nSPS) is 42.1. The third-order valence-electron chi connectivity index (χ3n) is 12.9. The number of anilines is 2. The van der Waals surface area contributed by atoms with Gasteiger partial charge in [-0.15, -0.1) is 0 Å². The van der Waals surface area contributed by atoms with Crippen molar-refractivity contribution in [1.82, 2.24) is 19.6 Å². The Hall–Kier alpha value is -3.78. The van der Waals surface area contributed by atoms with E-state index in [1.54, 1.807) is 62.4 Å². The lowest BCUT2D eigenvalue weighted by Crippen LogP contribution is -2.77. The lowest BCUT2D eigenvalue weighted by Gasteiger charge is -2.58. The zero-order valence-corrected chi connectivity index (χ0v) is 31.8. The van der Waals surface area contributed by atoms with Crippen molar-refractivity contribution in [2.75, 3.05) is 24.7 Å². The molecule has 4 N–H and O–H groups in total. The molecule has 10 aliphatic rings. The number of nitrogens with one attached hydrogen (secondary N) is 2. The Morgan fingerprint density at radius 1 is 0.717 bits per heavy atom. The number of rotatable bonds is 5. The number of piperazine rings is 2. The van der Waals surface area contributed by atoms with Gasteiger partial charge in [-0.3, -0.25) is 38.6 Å². The molecule has 10 heterocycles. The fraction of sp³-hybridized carbons (Fsp3) is 0.471. The van der Waals surface area contributed by atoms with Gasteiger partial charge in [0.15, 0.2) is 15.8 Å². The molecule has 4 amide bonds. The molecule has 0 aromatic heterocycles. The molecular weight excluding hydrogens is 765 g/mol. The van der Waals surface area contributed by atoms with Crippen LogP contribution in [-0.2, 0) is 44.3 Å². The highest BCUT2D eigenvalue weighted by Crippen LogP contribution is 2.79. The number of para-hydroxylation sites is 2. The molecule has 2 spiro atoms. The summed E-state index contributed by atoms with van der Waals surface area (Å²) in [6.45, 7) is 3.32.